The van der Waals surface area contributed by atoms with Gasteiger partial charge in [-0.2, -0.15) is 4.98 Å². The van der Waals surface area contributed by atoms with Crippen molar-refractivity contribution in [3.63, 3.8) is 0 Å². The molecule has 7 heteroatoms. The second kappa shape index (κ2) is 3.88. The number of nitrogens with two attached hydrogens (primary N) is 1. The van der Waals surface area contributed by atoms with E-state index in [4.69, 9.17) is 10.3 Å². The quantitative estimate of drug-likeness (QED) is 0.775. The van der Waals surface area contributed by atoms with E-state index in [1.165, 1.54) is 0 Å². The van der Waals surface area contributed by atoms with E-state index in [1.807, 2.05) is 16.0 Å². The van der Waals surface area contributed by atoms with Crippen LogP contribution in [0.25, 0.3) is 16.4 Å². The molecule has 2 N–H and O–H groups in total. The van der Waals surface area contributed by atoms with Crippen LogP contribution in [0, 0.1) is 0 Å². The molecule has 0 aliphatic heterocycles. The topological polar surface area (TPSA) is 82.2 Å². The lowest BCUT2D eigenvalue weighted by molar-refractivity contribution is 0.372. The Morgan fingerprint density at radius 1 is 1.37 bits per heavy atom. The molecular weight excluding hydrogens is 262 g/mol. The molecule has 0 atom stereocenters. The van der Waals surface area contributed by atoms with Gasteiger partial charge < -0.3 is 10.3 Å². The molecule has 0 spiro atoms. The predicted molar refractivity (Wildman–Crippen MR) is 70.7 cm³/mol. The smallest absolute Gasteiger partial charge is 0.275 e. The third-order valence-electron chi connectivity index (χ3n) is 3.74. The van der Waals surface area contributed by atoms with Gasteiger partial charge in [0.05, 0.1) is 11.7 Å². The van der Waals surface area contributed by atoms with Crippen LogP contribution in [0.15, 0.2) is 22.4 Å². The van der Waals surface area contributed by atoms with Crippen LogP contribution >= 0.6 is 11.3 Å². The number of fused-ring (bicyclic) bond motifs is 1. The van der Waals surface area contributed by atoms with Gasteiger partial charge in [-0.05, 0) is 12.8 Å². The van der Waals surface area contributed by atoms with Crippen molar-refractivity contribution in [3.05, 3.63) is 23.7 Å². The molecular formula is C12H13N5OS. The van der Waals surface area contributed by atoms with Crippen LogP contribution in [-0.4, -0.2) is 19.5 Å². The lowest BCUT2D eigenvalue weighted by Gasteiger charge is -2.17. The molecule has 0 radical (unpaired) electrons. The highest BCUT2D eigenvalue weighted by Gasteiger charge is 2.36. The van der Waals surface area contributed by atoms with Crippen molar-refractivity contribution < 1.29 is 4.52 Å². The van der Waals surface area contributed by atoms with Gasteiger partial charge in [0.25, 0.3) is 5.89 Å². The van der Waals surface area contributed by atoms with Crippen molar-refractivity contribution in [1.82, 2.24) is 19.5 Å². The second-order valence-corrected chi connectivity index (χ2v) is 5.90. The number of hydrogen-bond donors (Lipinski definition) is 1. The summed E-state index contributed by atoms with van der Waals surface area (Å²) >= 11 is 1.60. The molecule has 1 aliphatic carbocycles. The predicted octanol–water partition coefficient (Wildman–Crippen LogP) is 2.17. The minimum atomic E-state index is -0.411. The summed E-state index contributed by atoms with van der Waals surface area (Å²) in [7, 11) is 0. The fourth-order valence-electron chi connectivity index (χ4n) is 2.64. The molecule has 0 saturated heterocycles. The Morgan fingerprint density at radius 3 is 3.05 bits per heavy atom. The van der Waals surface area contributed by atoms with E-state index in [0.29, 0.717) is 11.7 Å². The first kappa shape index (κ1) is 11.1. The van der Waals surface area contributed by atoms with Gasteiger partial charge in [-0.3, -0.25) is 4.40 Å². The van der Waals surface area contributed by atoms with Crippen molar-refractivity contribution in [2.24, 2.45) is 5.73 Å². The molecule has 0 aromatic carbocycles. The summed E-state index contributed by atoms with van der Waals surface area (Å²) in [6.07, 6.45) is 7.67. The first-order valence-corrected chi connectivity index (χ1v) is 7.17. The number of imidazole rings is 1. The van der Waals surface area contributed by atoms with Gasteiger partial charge in [0.1, 0.15) is 16.9 Å². The molecule has 0 amide bonds. The highest BCUT2D eigenvalue weighted by Crippen LogP contribution is 2.35. The first-order valence-electron chi connectivity index (χ1n) is 6.29. The number of nitrogens with zero attached hydrogens (tertiary/aromatic N) is 4. The molecule has 6 nitrogen and oxygen atoms in total. The van der Waals surface area contributed by atoms with Crippen LogP contribution in [0.1, 0.15) is 31.5 Å². The summed E-state index contributed by atoms with van der Waals surface area (Å²) in [5.41, 5.74) is 6.80. The minimum absolute atomic E-state index is 0.411. The Bertz CT molecular complexity index is 721. The van der Waals surface area contributed by atoms with Gasteiger partial charge in [0.15, 0.2) is 5.82 Å². The van der Waals surface area contributed by atoms with Crippen molar-refractivity contribution in [1.29, 1.82) is 0 Å². The minimum Gasteiger partial charge on any atom is -0.332 e. The van der Waals surface area contributed by atoms with E-state index in [0.717, 1.165) is 36.2 Å². The number of rotatable bonds is 2. The van der Waals surface area contributed by atoms with Crippen molar-refractivity contribution in [2.75, 3.05) is 0 Å². The van der Waals surface area contributed by atoms with Gasteiger partial charge in [-0.25, -0.2) is 4.98 Å². The van der Waals surface area contributed by atoms with Gasteiger partial charge in [0, 0.05) is 5.38 Å². The fourth-order valence-corrected chi connectivity index (χ4v) is 3.46. The highest BCUT2D eigenvalue weighted by molar-refractivity contribution is 7.15. The highest BCUT2D eigenvalue weighted by atomic mass is 32.1. The lowest BCUT2D eigenvalue weighted by atomic mass is 9.99. The molecule has 1 fully saturated rings. The molecule has 19 heavy (non-hydrogen) atoms. The number of hydrogen-bond acceptors (Lipinski definition) is 6. The van der Waals surface area contributed by atoms with Gasteiger partial charge in [-0.1, -0.05) is 18.0 Å². The van der Waals surface area contributed by atoms with Crippen molar-refractivity contribution in [2.45, 2.75) is 31.2 Å². The van der Waals surface area contributed by atoms with E-state index in [9.17, 15) is 0 Å². The van der Waals surface area contributed by atoms with E-state index in [1.54, 1.807) is 17.7 Å². The Hall–Kier alpha value is -1.73. The van der Waals surface area contributed by atoms with Crippen molar-refractivity contribution >= 4 is 16.2 Å². The van der Waals surface area contributed by atoms with Crippen molar-refractivity contribution in [3.8, 4) is 11.6 Å². The summed E-state index contributed by atoms with van der Waals surface area (Å²) < 4.78 is 7.33. The SMILES string of the molecule is NC1(c2noc(-c3csc4cncn34)n2)CCCC1. The zero-order valence-electron chi connectivity index (χ0n) is 10.2. The molecule has 1 saturated carbocycles. The Balaban J connectivity index is 1.77. The summed E-state index contributed by atoms with van der Waals surface area (Å²) in [5.74, 6) is 1.13. The zero-order valence-corrected chi connectivity index (χ0v) is 11.1. The standard InChI is InChI=1S/C12H13N5OS/c13-12(3-1-2-4-12)11-15-10(18-16-11)8-6-19-9-5-14-7-17(8)9/h5-7H,1-4,13H2. The molecule has 1 aliphatic rings. The van der Waals surface area contributed by atoms with E-state index < -0.39 is 5.54 Å². The van der Waals surface area contributed by atoms with E-state index in [-0.39, 0.29) is 0 Å². The van der Waals surface area contributed by atoms with Crippen LogP contribution in [0.5, 0.6) is 0 Å². The summed E-state index contributed by atoms with van der Waals surface area (Å²) in [6.45, 7) is 0. The van der Waals surface area contributed by atoms with Crippen LogP contribution in [0.2, 0.25) is 0 Å². The number of aromatic nitrogens is 4. The van der Waals surface area contributed by atoms with Gasteiger partial charge >= 0.3 is 0 Å². The maximum Gasteiger partial charge on any atom is 0.275 e. The average molecular weight is 275 g/mol. The Labute approximate surface area is 113 Å². The maximum absolute atomic E-state index is 6.34. The third kappa shape index (κ3) is 1.62. The monoisotopic (exact) mass is 275 g/mol. The van der Waals surface area contributed by atoms with Gasteiger partial charge in [0.2, 0.25) is 0 Å². The van der Waals surface area contributed by atoms with Gasteiger partial charge in [-0.15, -0.1) is 11.3 Å². The van der Waals surface area contributed by atoms with Crippen LogP contribution in [0.3, 0.4) is 0 Å². The Morgan fingerprint density at radius 2 is 2.21 bits per heavy atom. The maximum atomic E-state index is 6.34. The summed E-state index contributed by atoms with van der Waals surface area (Å²) in [6, 6.07) is 0. The molecule has 3 aromatic heterocycles. The van der Waals surface area contributed by atoms with Crippen LogP contribution in [0.4, 0.5) is 0 Å². The molecule has 3 aromatic rings. The third-order valence-corrected chi connectivity index (χ3v) is 4.63. The normalized spacial score (nSPS) is 18.4. The molecule has 0 unspecified atom stereocenters. The molecule has 0 bridgehead atoms. The largest absolute Gasteiger partial charge is 0.332 e. The lowest BCUT2D eigenvalue weighted by Crippen LogP contribution is -2.34. The molecule has 4 rings (SSSR count). The first-order chi connectivity index (χ1) is 9.26. The zero-order chi connectivity index (χ0) is 12.9. The van der Waals surface area contributed by atoms with Crippen LogP contribution < -0.4 is 5.73 Å². The molecule has 3 heterocycles. The Kier molecular flexibility index (Phi) is 2.27. The van der Waals surface area contributed by atoms with E-state index >= 15 is 0 Å². The summed E-state index contributed by atoms with van der Waals surface area (Å²) in [4.78, 5) is 9.65. The average Bonchev–Trinajstić information content (AvgIpc) is 3.12. The second-order valence-electron chi connectivity index (χ2n) is 5.01. The van der Waals surface area contributed by atoms with Crippen LogP contribution in [-0.2, 0) is 5.54 Å². The van der Waals surface area contributed by atoms with E-state index in [2.05, 4.69) is 15.1 Å². The number of thiazole rings is 1. The molecule has 98 valence electrons. The summed E-state index contributed by atoms with van der Waals surface area (Å²) in [5, 5.41) is 6.07. The fraction of sp³-hybridized carbons (Fsp3) is 0.417.